The van der Waals surface area contributed by atoms with Crippen LogP contribution in [-0.2, 0) is 0 Å². The van der Waals surface area contributed by atoms with Crippen molar-refractivity contribution in [2.24, 2.45) is 0 Å². The van der Waals surface area contributed by atoms with Gasteiger partial charge in [-0.25, -0.2) is 14.2 Å². The molecule has 0 aliphatic carbocycles. The number of likely N-dealkylation sites (tertiary alicyclic amines) is 1. The Morgan fingerprint density at radius 2 is 1.85 bits per heavy atom. The largest absolute Gasteiger partial charge is 0.349 e. The maximum atomic E-state index is 12.9. The molecular formula is C19H21FN4O2. The van der Waals surface area contributed by atoms with Gasteiger partial charge >= 0.3 is 6.03 Å². The van der Waals surface area contributed by atoms with Crippen molar-refractivity contribution in [3.8, 4) is 0 Å². The number of amides is 3. The summed E-state index contributed by atoms with van der Waals surface area (Å²) in [5, 5.41) is 5.76. The van der Waals surface area contributed by atoms with E-state index >= 15 is 0 Å². The molecule has 2 aromatic rings. The number of halogens is 1. The molecule has 1 fully saturated rings. The zero-order chi connectivity index (χ0) is 18.5. The summed E-state index contributed by atoms with van der Waals surface area (Å²) >= 11 is 0. The molecule has 1 aliphatic heterocycles. The molecule has 0 bridgehead atoms. The van der Waals surface area contributed by atoms with Gasteiger partial charge in [-0.05, 0) is 55.7 Å². The number of nitrogens with one attached hydrogen (secondary N) is 2. The van der Waals surface area contributed by atoms with Gasteiger partial charge in [-0.2, -0.15) is 0 Å². The molecule has 3 amide bonds. The van der Waals surface area contributed by atoms with E-state index in [1.165, 1.54) is 24.3 Å². The molecule has 1 aromatic heterocycles. The van der Waals surface area contributed by atoms with Gasteiger partial charge in [0.05, 0.1) is 0 Å². The van der Waals surface area contributed by atoms with Gasteiger partial charge in [0, 0.05) is 30.9 Å². The van der Waals surface area contributed by atoms with E-state index in [0.717, 1.165) is 5.56 Å². The van der Waals surface area contributed by atoms with Crippen LogP contribution < -0.4 is 10.6 Å². The van der Waals surface area contributed by atoms with Gasteiger partial charge in [-0.15, -0.1) is 0 Å². The highest BCUT2D eigenvalue weighted by Gasteiger charge is 2.24. The van der Waals surface area contributed by atoms with Crippen LogP contribution >= 0.6 is 0 Å². The van der Waals surface area contributed by atoms with Crippen molar-refractivity contribution in [2.45, 2.75) is 25.8 Å². The quantitative estimate of drug-likeness (QED) is 0.888. The number of nitrogens with zero attached hydrogens (tertiary/aromatic N) is 2. The van der Waals surface area contributed by atoms with E-state index in [0.29, 0.717) is 37.3 Å². The molecular weight excluding hydrogens is 335 g/mol. The summed E-state index contributed by atoms with van der Waals surface area (Å²) in [6.07, 6.45) is 2.98. The van der Waals surface area contributed by atoms with E-state index < -0.39 is 0 Å². The molecule has 2 heterocycles. The number of aromatic nitrogens is 1. The second-order valence-electron chi connectivity index (χ2n) is 6.34. The summed E-state index contributed by atoms with van der Waals surface area (Å²) in [7, 11) is 0. The summed E-state index contributed by atoms with van der Waals surface area (Å²) in [5.74, 6) is -0.0368. The number of rotatable bonds is 3. The number of aryl methyl sites for hydroxylation is 1. The SMILES string of the molecule is Cc1cccnc1NC(=O)N1CCC(NC(=O)c2ccc(F)cc2)CC1. The predicted octanol–water partition coefficient (Wildman–Crippen LogP) is 2.96. The van der Waals surface area contributed by atoms with Crippen LogP contribution in [0.4, 0.5) is 15.0 Å². The second kappa shape index (κ2) is 7.95. The number of urea groups is 1. The highest BCUT2D eigenvalue weighted by atomic mass is 19.1. The molecule has 136 valence electrons. The minimum atomic E-state index is -0.371. The Balaban J connectivity index is 1.49. The van der Waals surface area contributed by atoms with E-state index in [-0.39, 0.29) is 23.8 Å². The fourth-order valence-electron chi connectivity index (χ4n) is 2.89. The maximum Gasteiger partial charge on any atom is 0.323 e. The smallest absolute Gasteiger partial charge is 0.323 e. The Bertz CT molecular complexity index is 786. The Labute approximate surface area is 151 Å². The van der Waals surface area contributed by atoms with Crippen molar-refractivity contribution in [2.75, 3.05) is 18.4 Å². The minimum absolute atomic E-state index is 0.00631. The van der Waals surface area contributed by atoms with Gasteiger partial charge in [0.15, 0.2) is 0 Å². The van der Waals surface area contributed by atoms with Crippen molar-refractivity contribution in [3.63, 3.8) is 0 Å². The number of pyridine rings is 1. The average Bonchev–Trinajstić information content (AvgIpc) is 2.64. The number of hydrogen-bond acceptors (Lipinski definition) is 3. The van der Waals surface area contributed by atoms with Crippen LogP contribution in [0.25, 0.3) is 0 Å². The second-order valence-corrected chi connectivity index (χ2v) is 6.34. The van der Waals surface area contributed by atoms with Crippen LogP contribution in [0, 0.1) is 12.7 Å². The van der Waals surface area contributed by atoms with E-state index in [2.05, 4.69) is 15.6 Å². The van der Waals surface area contributed by atoms with Gasteiger partial charge in [0.25, 0.3) is 5.91 Å². The lowest BCUT2D eigenvalue weighted by molar-refractivity contribution is 0.0919. The number of carbonyl (C=O) groups excluding carboxylic acids is 2. The van der Waals surface area contributed by atoms with E-state index in [1.54, 1.807) is 11.1 Å². The first-order valence-electron chi connectivity index (χ1n) is 8.57. The molecule has 1 saturated heterocycles. The number of anilines is 1. The molecule has 0 spiro atoms. The molecule has 3 rings (SSSR count). The summed E-state index contributed by atoms with van der Waals surface area (Å²) in [4.78, 5) is 30.4. The monoisotopic (exact) mass is 356 g/mol. The number of benzene rings is 1. The zero-order valence-electron chi connectivity index (χ0n) is 14.5. The van der Waals surface area contributed by atoms with Gasteiger partial charge in [-0.3, -0.25) is 10.1 Å². The average molecular weight is 356 g/mol. The minimum Gasteiger partial charge on any atom is -0.349 e. The normalized spacial score (nSPS) is 14.8. The van der Waals surface area contributed by atoms with E-state index in [1.807, 2.05) is 19.1 Å². The topological polar surface area (TPSA) is 74.3 Å². The highest BCUT2D eigenvalue weighted by molar-refractivity contribution is 5.94. The third-order valence-electron chi connectivity index (χ3n) is 4.46. The molecule has 0 unspecified atom stereocenters. The predicted molar refractivity (Wildman–Crippen MR) is 96.5 cm³/mol. The molecule has 0 atom stereocenters. The van der Waals surface area contributed by atoms with Crippen LogP contribution in [0.2, 0.25) is 0 Å². The van der Waals surface area contributed by atoms with Crippen LogP contribution in [0.1, 0.15) is 28.8 Å². The third kappa shape index (κ3) is 4.36. The first-order chi connectivity index (χ1) is 12.5. The third-order valence-corrected chi connectivity index (χ3v) is 4.46. The number of carbonyl (C=O) groups is 2. The standard InChI is InChI=1S/C19H21FN4O2/c1-13-3-2-10-21-17(13)23-19(26)24-11-8-16(9-12-24)22-18(25)14-4-6-15(20)7-5-14/h2-7,10,16H,8-9,11-12H2,1H3,(H,22,25)(H,21,23,26). The summed E-state index contributed by atoms with van der Waals surface area (Å²) in [6.45, 7) is 2.98. The highest BCUT2D eigenvalue weighted by Crippen LogP contribution is 2.15. The van der Waals surface area contributed by atoms with Crippen LogP contribution in [0.15, 0.2) is 42.6 Å². The Kier molecular flexibility index (Phi) is 5.46. The molecule has 0 saturated carbocycles. The molecule has 26 heavy (non-hydrogen) atoms. The molecule has 2 N–H and O–H groups in total. The van der Waals surface area contributed by atoms with E-state index in [9.17, 15) is 14.0 Å². The fourth-order valence-corrected chi connectivity index (χ4v) is 2.89. The van der Waals surface area contributed by atoms with Crippen LogP contribution in [-0.4, -0.2) is 41.0 Å². The lowest BCUT2D eigenvalue weighted by Gasteiger charge is -2.32. The van der Waals surface area contributed by atoms with E-state index in [4.69, 9.17) is 0 Å². The molecule has 7 heteroatoms. The van der Waals surface area contributed by atoms with Crippen LogP contribution in [0.5, 0.6) is 0 Å². The van der Waals surface area contributed by atoms with Crippen molar-refractivity contribution in [1.82, 2.24) is 15.2 Å². The molecule has 0 radical (unpaired) electrons. The number of hydrogen-bond donors (Lipinski definition) is 2. The fraction of sp³-hybridized carbons (Fsp3) is 0.316. The van der Waals surface area contributed by atoms with Gasteiger partial charge in [-0.1, -0.05) is 6.07 Å². The maximum absolute atomic E-state index is 12.9. The van der Waals surface area contributed by atoms with Crippen LogP contribution in [0.3, 0.4) is 0 Å². The Morgan fingerprint density at radius 3 is 2.50 bits per heavy atom. The summed E-state index contributed by atoms with van der Waals surface area (Å²) in [6, 6.07) is 8.97. The van der Waals surface area contributed by atoms with Gasteiger partial charge in [0.1, 0.15) is 11.6 Å². The van der Waals surface area contributed by atoms with Gasteiger partial charge in [0.2, 0.25) is 0 Å². The first-order valence-corrected chi connectivity index (χ1v) is 8.57. The molecule has 1 aromatic carbocycles. The van der Waals surface area contributed by atoms with Crippen molar-refractivity contribution < 1.29 is 14.0 Å². The lowest BCUT2D eigenvalue weighted by Crippen LogP contribution is -2.47. The van der Waals surface area contributed by atoms with Crippen molar-refractivity contribution in [1.29, 1.82) is 0 Å². The molecule has 6 nitrogen and oxygen atoms in total. The summed E-state index contributed by atoms with van der Waals surface area (Å²) < 4.78 is 12.9. The molecule has 1 aliphatic rings. The van der Waals surface area contributed by atoms with Gasteiger partial charge < -0.3 is 10.2 Å². The Morgan fingerprint density at radius 1 is 1.15 bits per heavy atom. The first kappa shape index (κ1) is 17.8. The number of piperidine rings is 1. The van der Waals surface area contributed by atoms with Crippen molar-refractivity contribution >= 4 is 17.8 Å². The summed E-state index contributed by atoms with van der Waals surface area (Å²) in [5.41, 5.74) is 1.33. The lowest BCUT2D eigenvalue weighted by atomic mass is 10.0. The Hall–Kier alpha value is -2.96. The zero-order valence-corrected chi connectivity index (χ0v) is 14.5. The van der Waals surface area contributed by atoms with Crippen molar-refractivity contribution in [3.05, 3.63) is 59.5 Å².